The largest absolute Gasteiger partial charge is 0.492 e. The van der Waals surface area contributed by atoms with Crippen molar-refractivity contribution in [2.24, 2.45) is 0 Å². The fraction of sp³-hybridized carbons (Fsp3) is 0.409. The first-order chi connectivity index (χ1) is 12.5. The summed E-state index contributed by atoms with van der Waals surface area (Å²) in [6, 6.07) is 14.1. The van der Waals surface area contributed by atoms with E-state index in [1.54, 1.807) is 6.92 Å². The molecule has 0 aliphatic rings. The van der Waals surface area contributed by atoms with Gasteiger partial charge in [-0.15, -0.1) is 0 Å². The van der Waals surface area contributed by atoms with Crippen LogP contribution in [0.4, 0.5) is 0 Å². The Balaban J connectivity index is 1.73. The van der Waals surface area contributed by atoms with Gasteiger partial charge in [-0.2, -0.15) is 0 Å². The van der Waals surface area contributed by atoms with E-state index in [2.05, 4.69) is 24.4 Å². The summed E-state index contributed by atoms with van der Waals surface area (Å²) in [4.78, 5) is 12.2. The Hall–Kier alpha value is -2.49. The first-order valence-electron chi connectivity index (χ1n) is 9.23. The maximum atomic E-state index is 12.2. The van der Waals surface area contributed by atoms with Crippen LogP contribution >= 0.6 is 0 Å². The van der Waals surface area contributed by atoms with Crippen LogP contribution in [0, 0.1) is 13.8 Å². The molecule has 2 rings (SSSR count). The smallest absolute Gasteiger partial charge is 0.260 e. The third-order valence-electron chi connectivity index (χ3n) is 4.15. The molecule has 0 aromatic heterocycles. The Labute approximate surface area is 156 Å². The fourth-order valence-electron chi connectivity index (χ4n) is 2.61. The average Bonchev–Trinajstić information content (AvgIpc) is 2.63. The van der Waals surface area contributed by atoms with Crippen LogP contribution in [0.25, 0.3) is 0 Å². The molecule has 0 aliphatic heterocycles. The number of hydrogen-bond donors (Lipinski definition) is 1. The number of amides is 1. The third kappa shape index (κ3) is 6.10. The number of ether oxygens (including phenoxy) is 2. The highest BCUT2D eigenvalue weighted by Crippen LogP contribution is 2.20. The van der Waals surface area contributed by atoms with E-state index in [4.69, 9.17) is 9.47 Å². The number of aryl methyl sites for hydroxylation is 3. The lowest BCUT2D eigenvalue weighted by atomic mass is 10.1. The van der Waals surface area contributed by atoms with Gasteiger partial charge in [0, 0.05) is 0 Å². The van der Waals surface area contributed by atoms with Gasteiger partial charge in [0.05, 0.1) is 6.54 Å². The zero-order valence-electron chi connectivity index (χ0n) is 16.2. The van der Waals surface area contributed by atoms with E-state index in [1.807, 2.05) is 44.2 Å². The van der Waals surface area contributed by atoms with Crippen LogP contribution in [0.5, 0.6) is 11.5 Å². The quantitative estimate of drug-likeness (QED) is 0.685. The van der Waals surface area contributed by atoms with Gasteiger partial charge in [-0.05, 0) is 62.1 Å². The molecule has 0 unspecified atom stereocenters. The summed E-state index contributed by atoms with van der Waals surface area (Å²) in [6.45, 7) is 8.76. The molecule has 0 fully saturated rings. The molecule has 140 valence electrons. The van der Waals surface area contributed by atoms with Crippen LogP contribution in [0.2, 0.25) is 0 Å². The second kappa shape index (κ2) is 9.85. The Morgan fingerprint density at radius 1 is 1.12 bits per heavy atom. The predicted molar refractivity (Wildman–Crippen MR) is 105 cm³/mol. The third-order valence-corrected chi connectivity index (χ3v) is 4.15. The number of carbonyl (C=O) groups excluding carboxylic acids is 1. The number of benzene rings is 2. The molecule has 1 atom stereocenters. The van der Waals surface area contributed by atoms with E-state index >= 15 is 0 Å². The van der Waals surface area contributed by atoms with Gasteiger partial charge < -0.3 is 14.8 Å². The van der Waals surface area contributed by atoms with Gasteiger partial charge in [0.1, 0.15) is 18.1 Å². The SMILES string of the molecule is CCCc1ccc(OCCNC(=O)[C@@H](C)Oc2cc(C)ccc2C)cc1. The average molecular weight is 355 g/mol. The molecule has 2 aromatic rings. The van der Waals surface area contributed by atoms with E-state index in [-0.39, 0.29) is 5.91 Å². The Bertz CT molecular complexity index is 710. The summed E-state index contributed by atoms with van der Waals surface area (Å²) >= 11 is 0. The van der Waals surface area contributed by atoms with Crippen molar-refractivity contribution in [3.8, 4) is 11.5 Å². The highest BCUT2D eigenvalue weighted by atomic mass is 16.5. The lowest BCUT2D eigenvalue weighted by Crippen LogP contribution is -2.38. The molecule has 4 heteroatoms. The van der Waals surface area contributed by atoms with Gasteiger partial charge in [-0.25, -0.2) is 0 Å². The molecular weight excluding hydrogens is 326 g/mol. The second-order valence-electron chi connectivity index (χ2n) is 6.56. The van der Waals surface area contributed by atoms with Gasteiger partial charge in [0.15, 0.2) is 6.10 Å². The molecule has 0 radical (unpaired) electrons. The van der Waals surface area contributed by atoms with Crippen molar-refractivity contribution in [1.82, 2.24) is 5.32 Å². The number of carbonyl (C=O) groups is 1. The van der Waals surface area contributed by atoms with Gasteiger partial charge in [-0.1, -0.05) is 37.6 Å². The van der Waals surface area contributed by atoms with E-state index in [0.717, 1.165) is 35.5 Å². The molecular formula is C22H29NO3. The van der Waals surface area contributed by atoms with Gasteiger partial charge >= 0.3 is 0 Å². The maximum absolute atomic E-state index is 12.2. The summed E-state index contributed by atoms with van der Waals surface area (Å²) in [5, 5.41) is 2.85. The summed E-state index contributed by atoms with van der Waals surface area (Å²) in [5.74, 6) is 1.42. The Morgan fingerprint density at radius 3 is 2.54 bits per heavy atom. The normalized spacial score (nSPS) is 11.7. The summed E-state index contributed by atoms with van der Waals surface area (Å²) in [7, 11) is 0. The molecule has 4 nitrogen and oxygen atoms in total. The van der Waals surface area contributed by atoms with Gasteiger partial charge in [0.2, 0.25) is 0 Å². The zero-order valence-corrected chi connectivity index (χ0v) is 16.2. The van der Waals surface area contributed by atoms with Crippen molar-refractivity contribution < 1.29 is 14.3 Å². The van der Waals surface area contributed by atoms with Crippen LogP contribution in [0.15, 0.2) is 42.5 Å². The standard InChI is InChI=1S/C22H29NO3/c1-5-6-19-9-11-20(12-10-19)25-14-13-23-22(24)18(4)26-21-15-16(2)7-8-17(21)3/h7-12,15,18H,5-6,13-14H2,1-4H3,(H,23,24)/t18-/m1/s1. The fourth-order valence-corrected chi connectivity index (χ4v) is 2.61. The Morgan fingerprint density at radius 2 is 1.85 bits per heavy atom. The van der Waals surface area contributed by atoms with Crippen LogP contribution < -0.4 is 14.8 Å². The Kier molecular flexibility index (Phi) is 7.52. The predicted octanol–water partition coefficient (Wildman–Crippen LogP) is 4.22. The minimum atomic E-state index is -0.552. The molecule has 1 amide bonds. The van der Waals surface area contributed by atoms with Crippen LogP contribution in [0.3, 0.4) is 0 Å². The van der Waals surface area contributed by atoms with Crippen molar-refractivity contribution in [2.45, 2.75) is 46.6 Å². The first kappa shape index (κ1) is 19.8. The summed E-state index contributed by atoms with van der Waals surface area (Å²) in [6.07, 6.45) is 1.66. The lowest BCUT2D eigenvalue weighted by Gasteiger charge is -2.17. The molecule has 26 heavy (non-hydrogen) atoms. The topological polar surface area (TPSA) is 47.6 Å². The summed E-state index contributed by atoms with van der Waals surface area (Å²) in [5.41, 5.74) is 3.44. The molecule has 0 bridgehead atoms. The number of rotatable bonds is 9. The van der Waals surface area contributed by atoms with Crippen molar-refractivity contribution in [2.75, 3.05) is 13.2 Å². The molecule has 0 aliphatic carbocycles. The zero-order chi connectivity index (χ0) is 18.9. The summed E-state index contributed by atoms with van der Waals surface area (Å²) < 4.78 is 11.5. The first-order valence-corrected chi connectivity index (χ1v) is 9.23. The van der Waals surface area contributed by atoms with E-state index in [1.165, 1.54) is 5.56 Å². The van der Waals surface area contributed by atoms with Crippen LogP contribution in [-0.2, 0) is 11.2 Å². The van der Waals surface area contributed by atoms with Gasteiger partial charge in [-0.3, -0.25) is 4.79 Å². The minimum Gasteiger partial charge on any atom is -0.492 e. The molecule has 0 saturated heterocycles. The second-order valence-corrected chi connectivity index (χ2v) is 6.56. The highest BCUT2D eigenvalue weighted by molar-refractivity contribution is 5.80. The number of hydrogen-bond acceptors (Lipinski definition) is 3. The highest BCUT2D eigenvalue weighted by Gasteiger charge is 2.15. The van der Waals surface area contributed by atoms with E-state index < -0.39 is 6.10 Å². The van der Waals surface area contributed by atoms with Crippen molar-refractivity contribution in [3.05, 3.63) is 59.2 Å². The lowest BCUT2D eigenvalue weighted by molar-refractivity contribution is -0.127. The van der Waals surface area contributed by atoms with E-state index in [0.29, 0.717) is 13.2 Å². The molecule has 0 saturated carbocycles. The molecule has 1 N–H and O–H groups in total. The van der Waals surface area contributed by atoms with Crippen LogP contribution in [-0.4, -0.2) is 25.2 Å². The minimum absolute atomic E-state index is 0.146. The maximum Gasteiger partial charge on any atom is 0.260 e. The number of nitrogens with one attached hydrogen (secondary N) is 1. The van der Waals surface area contributed by atoms with Crippen molar-refractivity contribution in [1.29, 1.82) is 0 Å². The molecule has 0 spiro atoms. The van der Waals surface area contributed by atoms with Gasteiger partial charge in [0.25, 0.3) is 5.91 Å². The van der Waals surface area contributed by atoms with Crippen molar-refractivity contribution >= 4 is 5.91 Å². The van der Waals surface area contributed by atoms with Crippen LogP contribution in [0.1, 0.15) is 37.0 Å². The monoisotopic (exact) mass is 355 g/mol. The molecule has 2 aromatic carbocycles. The van der Waals surface area contributed by atoms with Crippen molar-refractivity contribution in [3.63, 3.8) is 0 Å². The molecule has 0 heterocycles. The van der Waals surface area contributed by atoms with E-state index in [9.17, 15) is 4.79 Å².